The zero-order valence-electron chi connectivity index (χ0n) is 9.79. The van der Waals surface area contributed by atoms with Crippen molar-refractivity contribution in [1.29, 1.82) is 0 Å². The van der Waals surface area contributed by atoms with Crippen molar-refractivity contribution in [1.82, 2.24) is 15.2 Å². The summed E-state index contributed by atoms with van der Waals surface area (Å²) < 4.78 is 2.74. The molecular formula is C12H16BrN3O. The van der Waals surface area contributed by atoms with Gasteiger partial charge in [-0.3, -0.25) is 4.79 Å². The van der Waals surface area contributed by atoms with Gasteiger partial charge < -0.3 is 15.2 Å². The average molecular weight is 298 g/mol. The fraction of sp³-hybridized carbons (Fsp3) is 0.417. The van der Waals surface area contributed by atoms with E-state index in [1.54, 1.807) is 0 Å². The van der Waals surface area contributed by atoms with Crippen molar-refractivity contribution in [3.05, 3.63) is 34.1 Å². The second-order valence-electron chi connectivity index (χ2n) is 4.15. The lowest BCUT2D eigenvalue weighted by Crippen LogP contribution is -2.30. The Morgan fingerprint density at radius 3 is 3.06 bits per heavy atom. The van der Waals surface area contributed by atoms with E-state index < -0.39 is 0 Å². The summed E-state index contributed by atoms with van der Waals surface area (Å²) in [6.07, 6.45) is 5.03. The molecule has 2 heterocycles. The normalized spacial score (nSPS) is 15.5. The third kappa shape index (κ3) is 3.20. The second-order valence-corrected chi connectivity index (χ2v) is 5.07. The van der Waals surface area contributed by atoms with Crippen LogP contribution >= 0.6 is 15.9 Å². The van der Waals surface area contributed by atoms with E-state index in [0.717, 1.165) is 24.0 Å². The first-order valence-corrected chi connectivity index (χ1v) is 6.45. The Morgan fingerprint density at radius 2 is 2.47 bits per heavy atom. The molecule has 1 aliphatic rings. The molecule has 17 heavy (non-hydrogen) atoms. The first-order chi connectivity index (χ1) is 8.16. The molecule has 2 rings (SSSR count). The Kier molecular flexibility index (Phi) is 4.02. The number of halogens is 1. The minimum absolute atomic E-state index is 0.0300. The standard InChI is InChI=1S/C12H16BrN3O/c1-16-8-10(13)6-11(16)12(17)15-7-9-2-4-14-5-3-9/h2,6,8,14H,3-5,7H2,1H3,(H,15,17). The maximum Gasteiger partial charge on any atom is 0.268 e. The van der Waals surface area contributed by atoms with Crippen LogP contribution in [-0.2, 0) is 7.05 Å². The summed E-state index contributed by atoms with van der Waals surface area (Å²) in [5.74, 6) is -0.0300. The quantitative estimate of drug-likeness (QED) is 0.830. The first kappa shape index (κ1) is 12.4. The zero-order chi connectivity index (χ0) is 12.3. The van der Waals surface area contributed by atoms with Gasteiger partial charge in [-0.05, 0) is 35.0 Å². The van der Waals surface area contributed by atoms with E-state index >= 15 is 0 Å². The largest absolute Gasteiger partial charge is 0.347 e. The number of carbonyl (C=O) groups is 1. The maximum absolute atomic E-state index is 11.9. The van der Waals surface area contributed by atoms with Gasteiger partial charge in [0.25, 0.3) is 5.91 Å². The fourth-order valence-electron chi connectivity index (χ4n) is 1.86. The number of aromatic nitrogens is 1. The topological polar surface area (TPSA) is 46.1 Å². The van der Waals surface area contributed by atoms with Gasteiger partial charge in [-0.15, -0.1) is 0 Å². The van der Waals surface area contributed by atoms with E-state index in [0.29, 0.717) is 12.2 Å². The fourth-order valence-corrected chi connectivity index (χ4v) is 2.39. The van der Waals surface area contributed by atoms with Crippen LogP contribution in [0.25, 0.3) is 0 Å². The molecule has 0 fully saturated rings. The molecule has 0 saturated carbocycles. The average Bonchev–Trinajstić information content (AvgIpc) is 2.67. The number of carbonyl (C=O) groups excluding carboxylic acids is 1. The highest BCUT2D eigenvalue weighted by atomic mass is 79.9. The minimum Gasteiger partial charge on any atom is -0.347 e. The molecule has 2 N–H and O–H groups in total. The summed E-state index contributed by atoms with van der Waals surface area (Å²) in [5.41, 5.74) is 1.97. The minimum atomic E-state index is -0.0300. The van der Waals surface area contributed by atoms with Crippen molar-refractivity contribution in [3.8, 4) is 0 Å². The van der Waals surface area contributed by atoms with Crippen molar-refractivity contribution in [2.24, 2.45) is 7.05 Å². The molecule has 1 aromatic heterocycles. The predicted molar refractivity (Wildman–Crippen MR) is 71.0 cm³/mol. The number of rotatable bonds is 3. The number of amides is 1. The maximum atomic E-state index is 11.9. The Balaban J connectivity index is 1.93. The van der Waals surface area contributed by atoms with Crippen molar-refractivity contribution < 1.29 is 4.79 Å². The van der Waals surface area contributed by atoms with Gasteiger partial charge in [0.05, 0.1) is 0 Å². The Labute approximate surface area is 109 Å². The number of nitrogens with zero attached hydrogens (tertiary/aromatic N) is 1. The van der Waals surface area contributed by atoms with E-state index in [-0.39, 0.29) is 5.91 Å². The van der Waals surface area contributed by atoms with Crippen LogP contribution in [0.4, 0.5) is 0 Å². The molecular weight excluding hydrogens is 282 g/mol. The highest BCUT2D eigenvalue weighted by molar-refractivity contribution is 9.10. The lowest BCUT2D eigenvalue weighted by atomic mass is 10.1. The third-order valence-electron chi connectivity index (χ3n) is 2.84. The van der Waals surface area contributed by atoms with Crippen LogP contribution in [0.2, 0.25) is 0 Å². The number of nitrogens with one attached hydrogen (secondary N) is 2. The molecule has 0 aliphatic carbocycles. The van der Waals surface area contributed by atoms with E-state index in [1.807, 2.05) is 23.9 Å². The molecule has 0 bridgehead atoms. The van der Waals surface area contributed by atoms with E-state index in [4.69, 9.17) is 0 Å². The second kappa shape index (κ2) is 5.51. The Bertz CT molecular complexity index is 451. The van der Waals surface area contributed by atoms with Crippen LogP contribution < -0.4 is 10.6 Å². The smallest absolute Gasteiger partial charge is 0.268 e. The zero-order valence-corrected chi connectivity index (χ0v) is 11.4. The lowest BCUT2D eigenvalue weighted by molar-refractivity contribution is 0.0948. The van der Waals surface area contributed by atoms with Gasteiger partial charge in [0, 0.05) is 30.8 Å². The predicted octanol–water partition coefficient (Wildman–Crippen LogP) is 1.44. The summed E-state index contributed by atoms with van der Waals surface area (Å²) in [6, 6.07) is 1.83. The van der Waals surface area contributed by atoms with Gasteiger partial charge in [-0.2, -0.15) is 0 Å². The van der Waals surface area contributed by atoms with Gasteiger partial charge in [0.2, 0.25) is 0 Å². The van der Waals surface area contributed by atoms with Crippen LogP contribution in [0.15, 0.2) is 28.4 Å². The number of hydrogen-bond donors (Lipinski definition) is 2. The van der Waals surface area contributed by atoms with Crippen LogP contribution in [0.1, 0.15) is 16.9 Å². The summed E-state index contributed by atoms with van der Waals surface area (Å²) >= 11 is 3.36. The van der Waals surface area contributed by atoms with Crippen molar-refractivity contribution in [3.63, 3.8) is 0 Å². The summed E-state index contributed by atoms with van der Waals surface area (Å²) in [6.45, 7) is 2.54. The van der Waals surface area contributed by atoms with Crippen LogP contribution in [0, 0.1) is 0 Å². The van der Waals surface area contributed by atoms with Crippen LogP contribution in [-0.4, -0.2) is 30.1 Å². The van der Waals surface area contributed by atoms with Gasteiger partial charge in [-0.1, -0.05) is 11.6 Å². The molecule has 0 aromatic carbocycles. The Hall–Kier alpha value is -1.07. The molecule has 92 valence electrons. The Morgan fingerprint density at radius 1 is 1.65 bits per heavy atom. The van der Waals surface area contributed by atoms with Crippen LogP contribution in [0.3, 0.4) is 0 Å². The molecule has 1 aromatic rings. The van der Waals surface area contributed by atoms with Crippen molar-refractivity contribution in [2.75, 3.05) is 19.6 Å². The summed E-state index contributed by atoms with van der Waals surface area (Å²) in [4.78, 5) is 11.9. The van der Waals surface area contributed by atoms with E-state index in [9.17, 15) is 4.79 Å². The molecule has 0 saturated heterocycles. The van der Waals surface area contributed by atoms with Gasteiger partial charge >= 0.3 is 0 Å². The number of hydrogen-bond acceptors (Lipinski definition) is 2. The van der Waals surface area contributed by atoms with Crippen molar-refractivity contribution in [2.45, 2.75) is 6.42 Å². The summed E-state index contributed by atoms with van der Waals surface area (Å²) in [5, 5.41) is 6.19. The highest BCUT2D eigenvalue weighted by Gasteiger charge is 2.11. The molecule has 0 spiro atoms. The molecule has 0 unspecified atom stereocenters. The molecule has 1 amide bonds. The molecule has 0 radical (unpaired) electrons. The van der Waals surface area contributed by atoms with E-state index in [1.165, 1.54) is 5.57 Å². The van der Waals surface area contributed by atoms with Gasteiger partial charge in [0.1, 0.15) is 5.69 Å². The highest BCUT2D eigenvalue weighted by Crippen LogP contribution is 2.13. The first-order valence-electron chi connectivity index (χ1n) is 5.65. The third-order valence-corrected chi connectivity index (χ3v) is 3.27. The van der Waals surface area contributed by atoms with E-state index in [2.05, 4.69) is 32.6 Å². The molecule has 1 aliphatic heterocycles. The molecule has 0 atom stereocenters. The van der Waals surface area contributed by atoms with Gasteiger partial charge in [-0.25, -0.2) is 0 Å². The summed E-state index contributed by atoms with van der Waals surface area (Å²) in [7, 11) is 1.86. The monoisotopic (exact) mass is 297 g/mol. The lowest BCUT2D eigenvalue weighted by Gasteiger charge is -2.14. The number of aryl methyl sites for hydroxylation is 1. The van der Waals surface area contributed by atoms with Crippen molar-refractivity contribution >= 4 is 21.8 Å². The SMILES string of the molecule is Cn1cc(Br)cc1C(=O)NCC1=CCNCC1. The molecule has 4 nitrogen and oxygen atoms in total. The van der Waals surface area contributed by atoms with Gasteiger partial charge in [0.15, 0.2) is 0 Å². The van der Waals surface area contributed by atoms with Crippen LogP contribution in [0.5, 0.6) is 0 Å². The molecule has 5 heteroatoms.